The van der Waals surface area contributed by atoms with Gasteiger partial charge in [-0.05, 0) is 32.6 Å². The van der Waals surface area contributed by atoms with E-state index in [-0.39, 0.29) is 5.91 Å². The third-order valence-corrected chi connectivity index (χ3v) is 5.01. The highest BCUT2D eigenvalue weighted by molar-refractivity contribution is 5.88. The first-order chi connectivity index (χ1) is 11.6. The summed E-state index contributed by atoms with van der Waals surface area (Å²) >= 11 is 0. The number of guanidine groups is 1. The Morgan fingerprint density at radius 1 is 1.25 bits per heavy atom. The van der Waals surface area contributed by atoms with Gasteiger partial charge in [-0.15, -0.1) is 10.2 Å². The molecule has 2 saturated carbocycles. The predicted molar refractivity (Wildman–Crippen MR) is 89.3 cm³/mol. The molecule has 8 nitrogen and oxygen atoms in total. The molecule has 2 aliphatic carbocycles. The van der Waals surface area contributed by atoms with E-state index in [1.54, 1.807) is 0 Å². The van der Waals surface area contributed by atoms with Gasteiger partial charge in [-0.2, -0.15) is 0 Å². The summed E-state index contributed by atoms with van der Waals surface area (Å²) in [6, 6.07) is 1.000. The monoisotopic (exact) mass is 331 g/mol. The Hall–Kier alpha value is -2.12. The van der Waals surface area contributed by atoms with Crippen LogP contribution in [0.4, 0.5) is 0 Å². The summed E-state index contributed by atoms with van der Waals surface area (Å²) in [5.74, 6) is 2.78. The molecule has 24 heavy (non-hydrogen) atoms. The highest BCUT2D eigenvalue weighted by Gasteiger charge is 2.37. The molecule has 1 amide bonds. The van der Waals surface area contributed by atoms with E-state index >= 15 is 0 Å². The first-order valence-corrected chi connectivity index (χ1v) is 8.82. The van der Waals surface area contributed by atoms with Crippen LogP contribution < -0.4 is 5.32 Å². The van der Waals surface area contributed by atoms with E-state index in [1.165, 1.54) is 25.7 Å². The van der Waals surface area contributed by atoms with Gasteiger partial charge in [0.1, 0.15) is 12.4 Å². The van der Waals surface area contributed by atoms with E-state index in [0.29, 0.717) is 25.2 Å². The Kier molecular flexibility index (Phi) is 3.90. The van der Waals surface area contributed by atoms with Crippen molar-refractivity contribution in [2.45, 2.75) is 51.2 Å². The van der Waals surface area contributed by atoms with E-state index in [0.717, 1.165) is 30.7 Å². The maximum absolute atomic E-state index is 12.4. The van der Waals surface area contributed by atoms with Crippen LogP contribution in [0.1, 0.15) is 37.3 Å². The molecule has 1 aromatic rings. The number of aliphatic imine (C=N–C) groups is 1. The Bertz CT molecular complexity index is 659. The number of amides is 1. The molecule has 4 rings (SSSR count). The Morgan fingerprint density at radius 2 is 2.04 bits per heavy atom. The van der Waals surface area contributed by atoms with Crippen molar-refractivity contribution in [1.82, 2.24) is 29.9 Å². The van der Waals surface area contributed by atoms with Gasteiger partial charge in [0, 0.05) is 32.2 Å². The number of rotatable bonds is 4. The average Bonchev–Trinajstić information content (AvgIpc) is 3.47. The lowest BCUT2D eigenvalue weighted by atomic mass is 10.3. The topological polar surface area (TPSA) is 78.7 Å². The summed E-state index contributed by atoms with van der Waals surface area (Å²) in [4.78, 5) is 21.3. The lowest BCUT2D eigenvalue weighted by Crippen LogP contribution is -2.56. The van der Waals surface area contributed by atoms with Crippen LogP contribution in [-0.2, 0) is 18.4 Å². The van der Waals surface area contributed by atoms with Gasteiger partial charge in [-0.1, -0.05) is 0 Å². The molecule has 0 unspecified atom stereocenters. The third kappa shape index (κ3) is 3.22. The number of piperazine rings is 1. The molecule has 1 aromatic heterocycles. The lowest BCUT2D eigenvalue weighted by molar-refractivity contribution is -0.135. The van der Waals surface area contributed by atoms with E-state index in [1.807, 2.05) is 23.4 Å². The maximum Gasteiger partial charge on any atom is 0.242 e. The van der Waals surface area contributed by atoms with E-state index < -0.39 is 0 Å². The minimum atomic E-state index is 0.226. The van der Waals surface area contributed by atoms with Gasteiger partial charge in [0.2, 0.25) is 5.91 Å². The van der Waals surface area contributed by atoms with E-state index in [9.17, 15) is 4.79 Å². The molecule has 0 spiro atoms. The molecule has 0 aromatic carbocycles. The molecule has 0 radical (unpaired) electrons. The predicted octanol–water partition coefficient (Wildman–Crippen LogP) is 0.0381. The van der Waals surface area contributed by atoms with Gasteiger partial charge < -0.3 is 19.7 Å². The number of nitrogens with one attached hydrogen (secondary N) is 1. The fourth-order valence-electron chi connectivity index (χ4n) is 3.02. The van der Waals surface area contributed by atoms with Crippen LogP contribution in [0.3, 0.4) is 0 Å². The normalized spacial score (nSPS) is 22.2. The molecule has 1 N–H and O–H groups in total. The van der Waals surface area contributed by atoms with E-state index in [2.05, 4.69) is 20.4 Å². The molecule has 1 aliphatic heterocycles. The van der Waals surface area contributed by atoms with Crippen LogP contribution in [-0.4, -0.2) is 68.1 Å². The number of carbonyl (C=O) groups is 1. The van der Waals surface area contributed by atoms with Crippen molar-refractivity contribution in [3.05, 3.63) is 11.6 Å². The molecule has 2 heterocycles. The van der Waals surface area contributed by atoms with Gasteiger partial charge in [-0.25, -0.2) is 4.99 Å². The number of aromatic nitrogens is 3. The number of aryl methyl sites for hydroxylation is 1. The van der Waals surface area contributed by atoms with Gasteiger partial charge in [0.15, 0.2) is 11.8 Å². The molecule has 1 saturated heterocycles. The number of hydrogen-bond donors (Lipinski definition) is 1. The summed E-state index contributed by atoms with van der Waals surface area (Å²) in [6.07, 6.45) is 4.69. The smallest absolute Gasteiger partial charge is 0.242 e. The van der Waals surface area contributed by atoms with Crippen molar-refractivity contribution in [3.8, 4) is 0 Å². The fourth-order valence-corrected chi connectivity index (χ4v) is 3.02. The first kappa shape index (κ1) is 15.4. The van der Waals surface area contributed by atoms with Crippen molar-refractivity contribution in [2.24, 2.45) is 12.0 Å². The first-order valence-electron chi connectivity index (χ1n) is 8.82. The zero-order chi connectivity index (χ0) is 16.7. The van der Waals surface area contributed by atoms with Crippen LogP contribution >= 0.6 is 0 Å². The fraction of sp³-hybridized carbons (Fsp3) is 0.750. The second kappa shape index (κ2) is 6.07. The number of hydrogen-bond acceptors (Lipinski definition) is 4. The largest absolute Gasteiger partial charge is 0.353 e. The zero-order valence-corrected chi connectivity index (χ0v) is 14.4. The Balaban J connectivity index is 1.45. The van der Waals surface area contributed by atoms with Crippen molar-refractivity contribution in [1.29, 1.82) is 0 Å². The molecule has 3 aliphatic rings. The van der Waals surface area contributed by atoms with Crippen LogP contribution in [0.2, 0.25) is 0 Å². The maximum atomic E-state index is 12.4. The summed E-state index contributed by atoms with van der Waals surface area (Å²) in [5, 5.41) is 11.7. The van der Waals surface area contributed by atoms with E-state index in [4.69, 9.17) is 4.99 Å². The molecule has 0 atom stereocenters. The minimum Gasteiger partial charge on any atom is -0.353 e. The summed E-state index contributed by atoms with van der Waals surface area (Å²) in [6.45, 7) is 4.48. The quantitative estimate of drug-likeness (QED) is 0.622. The Labute approximate surface area is 141 Å². The van der Waals surface area contributed by atoms with Crippen molar-refractivity contribution >= 4 is 11.9 Å². The molecular formula is C16H25N7O. The third-order valence-electron chi connectivity index (χ3n) is 5.01. The highest BCUT2D eigenvalue weighted by Crippen LogP contribution is 2.28. The van der Waals surface area contributed by atoms with Crippen LogP contribution in [0.5, 0.6) is 0 Å². The SMILES string of the molecule is Cc1nnc(CN=C(NC2CC2)N2CCN(C3CC3)C(=O)C2)n1C. The molecule has 8 heteroatoms. The lowest BCUT2D eigenvalue weighted by Gasteiger charge is -2.36. The summed E-state index contributed by atoms with van der Waals surface area (Å²) in [5.41, 5.74) is 0. The Morgan fingerprint density at radius 3 is 2.62 bits per heavy atom. The molecule has 3 fully saturated rings. The summed E-state index contributed by atoms with van der Waals surface area (Å²) in [7, 11) is 1.95. The standard InChI is InChI=1S/C16H25N7O/c1-11-19-20-14(21(11)2)9-17-16(18-12-3-4-12)22-7-8-23(13-5-6-13)15(24)10-22/h12-13H,3-10H2,1-2H3,(H,17,18). The van der Waals surface area contributed by atoms with Crippen molar-refractivity contribution < 1.29 is 4.79 Å². The van der Waals surface area contributed by atoms with Gasteiger partial charge >= 0.3 is 0 Å². The highest BCUT2D eigenvalue weighted by atomic mass is 16.2. The second-order valence-electron chi connectivity index (χ2n) is 7.02. The van der Waals surface area contributed by atoms with Crippen LogP contribution in [0.15, 0.2) is 4.99 Å². The van der Waals surface area contributed by atoms with Crippen molar-refractivity contribution in [3.63, 3.8) is 0 Å². The molecule has 0 bridgehead atoms. The number of carbonyl (C=O) groups excluding carboxylic acids is 1. The molecular weight excluding hydrogens is 306 g/mol. The van der Waals surface area contributed by atoms with Gasteiger partial charge in [0.25, 0.3) is 0 Å². The van der Waals surface area contributed by atoms with Crippen LogP contribution in [0, 0.1) is 6.92 Å². The average molecular weight is 331 g/mol. The number of nitrogens with zero attached hydrogens (tertiary/aromatic N) is 6. The second-order valence-corrected chi connectivity index (χ2v) is 7.02. The van der Waals surface area contributed by atoms with Gasteiger partial charge in [0.05, 0.1) is 6.54 Å². The summed E-state index contributed by atoms with van der Waals surface area (Å²) < 4.78 is 1.95. The minimum absolute atomic E-state index is 0.226. The van der Waals surface area contributed by atoms with Crippen LogP contribution in [0.25, 0.3) is 0 Å². The molecule has 130 valence electrons. The van der Waals surface area contributed by atoms with Crippen molar-refractivity contribution in [2.75, 3.05) is 19.6 Å². The van der Waals surface area contributed by atoms with Gasteiger partial charge in [-0.3, -0.25) is 4.79 Å². The zero-order valence-electron chi connectivity index (χ0n) is 14.4.